The zero-order valence-corrected chi connectivity index (χ0v) is 13.6. The number of benzene rings is 1. The van der Waals surface area contributed by atoms with Crippen molar-refractivity contribution in [3.05, 3.63) is 46.5 Å². The van der Waals surface area contributed by atoms with Crippen molar-refractivity contribution in [1.82, 2.24) is 5.32 Å². The van der Waals surface area contributed by atoms with Gasteiger partial charge in [-0.3, -0.25) is 14.4 Å². The molecule has 2 amide bonds. The molecule has 8 heteroatoms. The molecule has 0 spiro atoms. The first-order chi connectivity index (χ1) is 11.5. The molecule has 2 rings (SSSR count). The monoisotopic (exact) mass is 345 g/mol. The van der Waals surface area contributed by atoms with Crippen molar-refractivity contribution in [2.24, 2.45) is 11.7 Å². The number of nitrogens with one attached hydrogen (secondary N) is 1. The van der Waals surface area contributed by atoms with Crippen LogP contribution in [0.25, 0.3) is 0 Å². The van der Waals surface area contributed by atoms with E-state index in [1.165, 1.54) is 7.11 Å². The smallest absolute Gasteiger partial charge is 0.316 e. The second kappa shape index (κ2) is 7.66. The minimum Gasteiger partial charge on any atom is -0.468 e. The third kappa shape index (κ3) is 3.58. The van der Waals surface area contributed by atoms with Gasteiger partial charge in [-0.15, -0.1) is 0 Å². The van der Waals surface area contributed by atoms with E-state index < -0.39 is 29.6 Å². The number of esters is 1. The Morgan fingerprint density at radius 2 is 2.04 bits per heavy atom. The second-order valence-electron chi connectivity index (χ2n) is 4.96. The summed E-state index contributed by atoms with van der Waals surface area (Å²) in [6, 6.07) is 10.7. The molecule has 3 N–H and O–H groups in total. The summed E-state index contributed by atoms with van der Waals surface area (Å²) in [7, 11) is 1.24. The number of hydrogen-bond donors (Lipinski definition) is 2. The van der Waals surface area contributed by atoms with Crippen molar-refractivity contribution in [2.75, 3.05) is 12.9 Å². The topological polar surface area (TPSA) is 122 Å². The van der Waals surface area contributed by atoms with Crippen LogP contribution in [0.1, 0.15) is 11.5 Å². The minimum absolute atomic E-state index is 0.0956. The Labute approximate surface area is 142 Å². The number of hydrogen-bond acceptors (Lipinski definition) is 6. The zero-order valence-electron chi connectivity index (χ0n) is 12.8. The van der Waals surface area contributed by atoms with E-state index in [1.807, 2.05) is 6.07 Å². The summed E-state index contributed by atoms with van der Waals surface area (Å²) in [6.07, 6.45) is 0. The van der Waals surface area contributed by atoms with Gasteiger partial charge in [0.05, 0.1) is 29.5 Å². The molecular formula is C16H15N3O4S. The van der Waals surface area contributed by atoms with Crippen LogP contribution in [0.4, 0.5) is 0 Å². The summed E-state index contributed by atoms with van der Waals surface area (Å²) in [4.78, 5) is 35.6. The molecule has 0 aliphatic carbocycles. The Morgan fingerprint density at radius 1 is 1.38 bits per heavy atom. The number of amides is 2. The maximum absolute atomic E-state index is 12.3. The van der Waals surface area contributed by atoms with Crippen molar-refractivity contribution in [3.8, 4) is 6.07 Å². The Kier molecular flexibility index (Phi) is 5.60. The van der Waals surface area contributed by atoms with Crippen LogP contribution in [0, 0.1) is 17.2 Å². The molecule has 124 valence electrons. The van der Waals surface area contributed by atoms with Crippen molar-refractivity contribution >= 4 is 29.5 Å². The predicted octanol–water partition coefficient (Wildman–Crippen LogP) is 0.643. The molecule has 0 radical (unpaired) electrons. The molecule has 0 aromatic heterocycles. The molecule has 7 nitrogen and oxygen atoms in total. The molecule has 1 aliphatic heterocycles. The van der Waals surface area contributed by atoms with Gasteiger partial charge in [0, 0.05) is 5.92 Å². The predicted molar refractivity (Wildman–Crippen MR) is 87.1 cm³/mol. The Hall–Kier alpha value is -2.79. The van der Waals surface area contributed by atoms with Crippen LogP contribution >= 0.6 is 11.8 Å². The summed E-state index contributed by atoms with van der Waals surface area (Å²) in [5.41, 5.74) is 6.24. The van der Waals surface area contributed by atoms with Gasteiger partial charge >= 0.3 is 5.97 Å². The van der Waals surface area contributed by atoms with Gasteiger partial charge < -0.3 is 15.8 Å². The Bertz CT molecular complexity index is 739. The lowest BCUT2D eigenvalue weighted by molar-refractivity contribution is -0.137. The van der Waals surface area contributed by atoms with Gasteiger partial charge in [0.2, 0.25) is 11.8 Å². The van der Waals surface area contributed by atoms with E-state index in [0.717, 1.165) is 11.8 Å². The lowest BCUT2D eigenvalue weighted by atomic mass is 9.78. The molecule has 0 saturated heterocycles. The fourth-order valence-corrected chi connectivity index (χ4v) is 3.37. The van der Waals surface area contributed by atoms with E-state index in [4.69, 9.17) is 5.73 Å². The molecule has 1 aliphatic rings. The summed E-state index contributed by atoms with van der Waals surface area (Å²) in [5.74, 6) is -3.77. The molecule has 0 bridgehead atoms. The quantitative estimate of drug-likeness (QED) is 0.755. The van der Waals surface area contributed by atoms with Crippen LogP contribution in [-0.4, -0.2) is 30.6 Å². The van der Waals surface area contributed by atoms with Gasteiger partial charge in [0.1, 0.15) is 5.92 Å². The second-order valence-corrected chi connectivity index (χ2v) is 5.94. The highest BCUT2D eigenvalue weighted by Crippen LogP contribution is 2.39. The van der Waals surface area contributed by atoms with Gasteiger partial charge in [-0.25, -0.2) is 0 Å². The highest BCUT2D eigenvalue weighted by molar-refractivity contribution is 8.03. The van der Waals surface area contributed by atoms with Gasteiger partial charge in [-0.05, 0) is 5.56 Å². The van der Waals surface area contributed by atoms with Crippen molar-refractivity contribution in [2.45, 2.75) is 5.92 Å². The van der Waals surface area contributed by atoms with Crippen LogP contribution < -0.4 is 11.1 Å². The number of carbonyl (C=O) groups excluding carboxylic acids is 3. The number of rotatable bonds is 5. The lowest BCUT2D eigenvalue weighted by Gasteiger charge is -2.30. The highest BCUT2D eigenvalue weighted by atomic mass is 32.2. The van der Waals surface area contributed by atoms with Crippen molar-refractivity contribution in [3.63, 3.8) is 0 Å². The molecule has 1 aromatic carbocycles. The normalized spacial score (nSPS) is 20.1. The van der Waals surface area contributed by atoms with E-state index in [9.17, 15) is 19.6 Å². The standard InChI is InChI=1S/C16H15N3O4S/c1-23-11(20)8-24-16-13(14(18)21)12(9-5-3-2-4-6-9)10(7-17)15(22)19-16/h2-6,10,12H,8H2,1H3,(H2,18,21)(H,19,22)/t10-,12-/m1/s1. The average molecular weight is 345 g/mol. The molecule has 0 fully saturated rings. The first kappa shape index (κ1) is 17.6. The summed E-state index contributed by atoms with van der Waals surface area (Å²) in [5, 5.41) is 12.0. The fraction of sp³-hybridized carbons (Fsp3) is 0.250. The van der Waals surface area contributed by atoms with Crippen molar-refractivity contribution in [1.29, 1.82) is 5.26 Å². The molecule has 1 aromatic rings. The van der Waals surface area contributed by atoms with E-state index in [0.29, 0.717) is 5.56 Å². The fourth-order valence-electron chi connectivity index (χ4n) is 2.44. The van der Waals surface area contributed by atoms with Gasteiger partial charge in [-0.2, -0.15) is 5.26 Å². The van der Waals surface area contributed by atoms with E-state index in [1.54, 1.807) is 30.3 Å². The third-order valence-electron chi connectivity index (χ3n) is 3.53. The van der Waals surface area contributed by atoms with Gasteiger partial charge in [0.25, 0.3) is 0 Å². The number of methoxy groups -OCH3 is 1. The van der Waals surface area contributed by atoms with Crippen molar-refractivity contribution < 1.29 is 19.1 Å². The van der Waals surface area contributed by atoms with E-state index in [2.05, 4.69) is 10.1 Å². The average Bonchev–Trinajstić information content (AvgIpc) is 2.59. The van der Waals surface area contributed by atoms with Gasteiger partial charge in [0.15, 0.2) is 0 Å². The van der Waals surface area contributed by atoms with Crippen LogP contribution in [0.2, 0.25) is 0 Å². The number of primary amides is 1. The molecule has 1 heterocycles. The van der Waals surface area contributed by atoms with Crippen LogP contribution in [-0.2, 0) is 19.1 Å². The van der Waals surface area contributed by atoms with Gasteiger partial charge in [-0.1, -0.05) is 42.1 Å². The number of nitrogens with zero attached hydrogens (tertiary/aromatic N) is 1. The largest absolute Gasteiger partial charge is 0.468 e. The lowest BCUT2D eigenvalue weighted by Crippen LogP contribution is -2.42. The van der Waals surface area contributed by atoms with Crippen LogP contribution in [0.3, 0.4) is 0 Å². The van der Waals surface area contributed by atoms with E-state index in [-0.39, 0.29) is 16.4 Å². The molecular weight excluding hydrogens is 330 g/mol. The maximum atomic E-state index is 12.3. The molecule has 0 unspecified atom stereocenters. The Morgan fingerprint density at radius 3 is 2.58 bits per heavy atom. The summed E-state index contributed by atoms with van der Waals surface area (Å²) in [6.45, 7) is 0. The minimum atomic E-state index is -1.09. The zero-order chi connectivity index (χ0) is 17.7. The molecule has 24 heavy (non-hydrogen) atoms. The number of carbonyl (C=O) groups is 3. The third-order valence-corrected chi connectivity index (χ3v) is 4.52. The first-order valence-corrected chi connectivity index (χ1v) is 7.97. The highest BCUT2D eigenvalue weighted by Gasteiger charge is 2.41. The number of thioether (sulfide) groups is 1. The number of nitrogens with two attached hydrogens (primary N) is 1. The Balaban J connectivity index is 2.52. The number of nitriles is 1. The maximum Gasteiger partial charge on any atom is 0.316 e. The number of ether oxygens (including phenoxy) is 1. The molecule has 0 saturated carbocycles. The van der Waals surface area contributed by atoms with E-state index >= 15 is 0 Å². The van der Waals surface area contributed by atoms with Crippen LogP contribution in [0.5, 0.6) is 0 Å². The first-order valence-electron chi connectivity index (χ1n) is 6.98. The van der Waals surface area contributed by atoms with Crippen LogP contribution in [0.15, 0.2) is 40.9 Å². The summed E-state index contributed by atoms with van der Waals surface area (Å²) < 4.78 is 4.55. The molecule has 2 atom stereocenters. The summed E-state index contributed by atoms with van der Waals surface area (Å²) >= 11 is 0.944. The SMILES string of the molecule is COC(=O)CSC1=C(C(N)=O)[C@H](c2ccccc2)[C@@H](C#N)C(=O)N1.